The van der Waals surface area contributed by atoms with Gasteiger partial charge < -0.3 is 9.84 Å². The summed E-state index contributed by atoms with van der Waals surface area (Å²) in [6.45, 7) is 4.18. The monoisotopic (exact) mass is 339 g/mol. The van der Waals surface area contributed by atoms with Gasteiger partial charge in [0.1, 0.15) is 18.5 Å². The maximum Gasteiger partial charge on any atom is 0.159 e. The molecule has 4 heteroatoms. The number of aliphatic hydroxyl groups is 1. The first-order chi connectivity index (χ1) is 12.1. The number of rotatable bonds is 6. The van der Waals surface area contributed by atoms with Crippen molar-refractivity contribution in [3.63, 3.8) is 0 Å². The predicted molar refractivity (Wildman–Crippen MR) is 98.0 cm³/mol. The van der Waals surface area contributed by atoms with Gasteiger partial charge in [0.25, 0.3) is 0 Å². The van der Waals surface area contributed by atoms with Gasteiger partial charge in [-0.15, -0.1) is 0 Å². The van der Waals surface area contributed by atoms with Crippen LogP contribution in [0.25, 0.3) is 0 Å². The lowest BCUT2D eigenvalue weighted by Crippen LogP contribution is -2.35. The molecule has 1 atom stereocenters. The first-order valence-corrected chi connectivity index (χ1v) is 8.83. The molecule has 0 bridgehead atoms. The van der Waals surface area contributed by atoms with Crippen LogP contribution >= 0.6 is 0 Å². The molecule has 0 aromatic heterocycles. The van der Waals surface area contributed by atoms with E-state index in [0.29, 0.717) is 17.9 Å². The lowest BCUT2D eigenvalue weighted by Gasteiger charge is -2.23. The molecule has 0 radical (unpaired) electrons. The summed E-state index contributed by atoms with van der Waals surface area (Å²) in [5, 5.41) is 10.3. The number of aryl methyl sites for hydroxylation is 1. The standard InChI is InChI=1S/C21H25NO3/c1-16(23)18-8-4-10-21(12-18)25-15-20(24)14-22-11-5-9-17-6-2-3-7-19(17)13-22/h2-4,6-8,10,12,20,24H,5,9,11,13-15H2,1H3. The van der Waals surface area contributed by atoms with Gasteiger partial charge in [-0.05, 0) is 49.6 Å². The number of hydrogen-bond donors (Lipinski definition) is 1. The Morgan fingerprint density at radius 2 is 2.00 bits per heavy atom. The molecule has 132 valence electrons. The summed E-state index contributed by atoms with van der Waals surface area (Å²) in [7, 11) is 0. The second-order valence-corrected chi connectivity index (χ2v) is 6.66. The van der Waals surface area contributed by atoms with Crippen molar-refractivity contribution in [1.82, 2.24) is 4.90 Å². The Kier molecular flexibility index (Phi) is 5.84. The quantitative estimate of drug-likeness (QED) is 0.822. The summed E-state index contributed by atoms with van der Waals surface area (Å²) in [4.78, 5) is 13.7. The van der Waals surface area contributed by atoms with Gasteiger partial charge in [0.15, 0.2) is 5.78 Å². The highest BCUT2D eigenvalue weighted by Crippen LogP contribution is 2.19. The van der Waals surface area contributed by atoms with Crippen LogP contribution in [0.15, 0.2) is 48.5 Å². The van der Waals surface area contributed by atoms with Crippen LogP contribution in [-0.4, -0.2) is 41.6 Å². The number of Topliss-reactive ketones (excluding diaryl/α,β-unsaturated/α-hetero) is 1. The lowest BCUT2D eigenvalue weighted by atomic mass is 10.0. The first kappa shape index (κ1) is 17.6. The number of β-amino-alcohol motifs (C(OH)–C–C–N with tert-alkyl or cyclic N) is 1. The Morgan fingerprint density at radius 3 is 2.80 bits per heavy atom. The van der Waals surface area contributed by atoms with Gasteiger partial charge in [-0.25, -0.2) is 0 Å². The highest BCUT2D eigenvalue weighted by Gasteiger charge is 2.17. The first-order valence-electron chi connectivity index (χ1n) is 8.83. The Labute approximate surface area is 149 Å². The number of ether oxygens (including phenoxy) is 1. The molecule has 2 aromatic rings. The number of carbonyl (C=O) groups excluding carboxylic acids is 1. The molecule has 0 saturated heterocycles. The van der Waals surface area contributed by atoms with Crippen molar-refractivity contribution >= 4 is 5.78 Å². The highest BCUT2D eigenvalue weighted by atomic mass is 16.5. The van der Waals surface area contributed by atoms with Crippen LogP contribution in [0.3, 0.4) is 0 Å². The normalized spacial score (nSPS) is 15.9. The fourth-order valence-electron chi connectivity index (χ4n) is 3.27. The summed E-state index contributed by atoms with van der Waals surface area (Å²) in [6.07, 6.45) is 1.63. The number of ketones is 1. The second-order valence-electron chi connectivity index (χ2n) is 6.66. The van der Waals surface area contributed by atoms with E-state index < -0.39 is 6.10 Å². The summed E-state index contributed by atoms with van der Waals surface area (Å²) in [6, 6.07) is 15.6. The fourth-order valence-corrected chi connectivity index (χ4v) is 3.27. The number of carbonyl (C=O) groups is 1. The highest BCUT2D eigenvalue weighted by molar-refractivity contribution is 5.94. The minimum Gasteiger partial charge on any atom is -0.491 e. The van der Waals surface area contributed by atoms with E-state index in [2.05, 4.69) is 29.2 Å². The molecule has 0 aliphatic carbocycles. The largest absolute Gasteiger partial charge is 0.491 e. The molecule has 4 nitrogen and oxygen atoms in total. The van der Waals surface area contributed by atoms with Crippen molar-refractivity contribution in [3.8, 4) is 5.75 Å². The van der Waals surface area contributed by atoms with E-state index in [0.717, 1.165) is 25.9 Å². The van der Waals surface area contributed by atoms with Crippen molar-refractivity contribution in [2.45, 2.75) is 32.4 Å². The molecule has 1 aliphatic heterocycles. The molecule has 0 saturated carbocycles. The Bertz CT molecular complexity index is 729. The van der Waals surface area contributed by atoms with Gasteiger partial charge in [-0.1, -0.05) is 36.4 Å². The van der Waals surface area contributed by atoms with Crippen LogP contribution in [0, 0.1) is 0 Å². The fraction of sp³-hybridized carbons (Fsp3) is 0.381. The molecule has 1 unspecified atom stereocenters. The van der Waals surface area contributed by atoms with Crippen LogP contribution in [-0.2, 0) is 13.0 Å². The van der Waals surface area contributed by atoms with E-state index in [1.807, 2.05) is 0 Å². The van der Waals surface area contributed by atoms with Crippen LogP contribution in [0.5, 0.6) is 5.75 Å². The predicted octanol–water partition coefficient (Wildman–Crippen LogP) is 3.08. The number of fused-ring (bicyclic) bond motifs is 1. The molecule has 1 heterocycles. The van der Waals surface area contributed by atoms with Crippen LogP contribution < -0.4 is 4.74 Å². The van der Waals surface area contributed by atoms with Crippen molar-refractivity contribution in [3.05, 3.63) is 65.2 Å². The molecule has 1 aliphatic rings. The van der Waals surface area contributed by atoms with E-state index in [4.69, 9.17) is 4.74 Å². The average molecular weight is 339 g/mol. The zero-order valence-electron chi connectivity index (χ0n) is 14.6. The van der Waals surface area contributed by atoms with E-state index in [9.17, 15) is 9.90 Å². The average Bonchev–Trinajstić information content (AvgIpc) is 2.82. The smallest absolute Gasteiger partial charge is 0.159 e. The van der Waals surface area contributed by atoms with Gasteiger partial charge in [0.05, 0.1) is 0 Å². The van der Waals surface area contributed by atoms with Gasteiger partial charge in [0.2, 0.25) is 0 Å². The molecular formula is C21H25NO3. The van der Waals surface area contributed by atoms with Crippen LogP contribution in [0.2, 0.25) is 0 Å². The van der Waals surface area contributed by atoms with Crippen molar-refractivity contribution in [2.24, 2.45) is 0 Å². The van der Waals surface area contributed by atoms with Crippen LogP contribution in [0.4, 0.5) is 0 Å². The van der Waals surface area contributed by atoms with Crippen molar-refractivity contribution in [1.29, 1.82) is 0 Å². The van der Waals surface area contributed by atoms with Gasteiger partial charge in [-0.3, -0.25) is 9.69 Å². The number of hydrogen-bond acceptors (Lipinski definition) is 4. The SMILES string of the molecule is CC(=O)c1cccc(OCC(O)CN2CCCc3ccccc3C2)c1. The summed E-state index contributed by atoms with van der Waals surface area (Å²) in [5.74, 6) is 0.627. The number of benzene rings is 2. The van der Waals surface area contributed by atoms with Crippen molar-refractivity contribution in [2.75, 3.05) is 19.7 Å². The topological polar surface area (TPSA) is 49.8 Å². The maximum absolute atomic E-state index is 11.4. The maximum atomic E-state index is 11.4. The van der Waals surface area contributed by atoms with Crippen LogP contribution in [0.1, 0.15) is 34.8 Å². The zero-order chi connectivity index (χ0) is 17.6. The second kappa shape index (κ2) is 8.28. The third-order valence-corrected chi connectivity index (χ3v) is 4.58. The molecule has 2 aromatic carbocycles. The minimum atomic E-state index is -0.564. The van der Waals surface area contributed by atoms with E-state index in [1.165, 1.54) is 18.1 Å². The van der Waals surface area contributed by atoms with Crippen molar-refractivity contribution < 1.29 is 14.6 Å². The molecule has 0 fully saturated rings. The molecule has 0 amide bonds. The summed E-state index contributed by atoms with van der Waals surface area (Å²) >= 11 is 0. The van der Waals surface area contributed by atoms with E-state index >= 15 is 0 Å². The van der Waals surface area contributed by atoms with Gasteiger partial charge in [-0.2, -0.15) is 0 Å². The van der Waals surface area contributed by atoms with E-state index in [-0.39, 0.29) is 12.4 Å². The molecule has 0 spiro atoms. The lowest BCUT2D eigenvalue weighted by molar-refractivity contribution is 0.0661. The van der Waals surface area contributed by atoms with E-state index in [1.54, 1.807) is 24.3 Å². The third kappa shape index (κ3) is 4.91. The number of nitrogens with zero attached hydrogens (tertiary/aromatic N) is 1. The minimum absolute atomic E-state index is 0.00855. The Balaban J connectivity index is 1.53. The Morgan fingerprint density at radius 1 is 1.20 bits per heavy atom. The summed E-state index contributed by atoms with van der Waals surface area (Å²) in [5.41, 5.74) is 3.38. The van der Waals surface area contributed by atoms with Gasteiger partial charge in [0, 0.05) is 18.7 Å². The molecule has 25 heavy (non-hydrogen) atoms. The molecule has 3 rings (SSSR count). The summed E-state index contributed by atoms with van der Waals surface area (Å²) < 4.78 is 5.67. The molecule has 1 N–H and O–H groups in total. The van der Waals surface area contributed by atoms with Gasteiger partial charge >= 0.3 is 0 Å². The zero-order valence-corrected chi connectivity index (χ0v) is 14.6. The number of aliphatic hydroxyl groups excluding tert-OH is 1. The third-order valence-electron chi connectivity index (χ3n) is 4.58. The molecular weight excluding hydrogens is 314 g/mol. The Hall–Kier alpha value is -2.17.